The SMILES string of the molecule is CCCn1c(=O)n(C2CC2)c(=O)c2[nH]c(-c3ccc(N(CCOC)C(=O)Nc4cccc(OC)c4)nc3)nc21. The number of pyridine rings is 1. The van der Waals surface area contributed by atoms with Crippen LogP contribution in [0.2, 0.25) is 0 Å². The van der Waals surface area contributed by atoms with E-state index in [9.17, 15) is 14.4 Å². The number of aryl methyl sites for hydroxylation is 1. The van der Waals surface area contributed by atoms with E-state index >= 15 is 0 Å². The van der Waals surface area contributed by atoms with E-state index in [0.29, 0.717) is 53.0 Å². The van der Waals surface area contributed by atoms with Crippen LogP contribution in [0.25, 0.3) is 22.6 Å². The predicted octanol–water partition coefficient (Wildman–Crippen LogP) is 3.39. The average Bonchev–Trinajstić information content (AvgIpc) is 3.68. The maximum atomic E-state index is 13.1. The number of benzene rings is 1. The summed E-state index contributed by atoms with van der Waals surface area (Å²) in [5.74, 6) is 1.45. The minimum Gasteiger partial charge on any atom is -0.497 e. The van der Waals surface area contributed by atoms with Crippen LogP contribution in [0.15, 0.2) is 52.2 Å². The van der Waals surface area contributed by atoms with Gasteiger partial charge >= 0.3 is 11.7 Å². The quantitative estimate of drug-likeness (QED) is 0.319. The number of methoxy groups -OCH3 is 2. The third-order valence-corrected chi connectivity index (χ3v) is 6.55. The molecule has 3 aromatic heterocycles. The number of aromatic amines is 1. The topological polar surface area (TPSA) is 136 Å². The van der Waals surface area contributed by atoms with Gasteiger partial charge in [-0.3, -0.25) is 18.8 Å². The number of ether oxygens (including phenoxy) is 2. The summed E-state index contributed by atoms with van der Waals surface area (Å²) >= 11 is 0. The number of urea groups is 1. The zero-order valence-electron chi connectivity index (χ0n) is 22.1. The molecule has 1 aliphatic rings. The zero-order chi connectivity index (χ0) is 27.5. The fourth-order valence-corrected chi connectivity index (χ4v) is 4.43. The Bertz CT molecular complexity index is 1600. The minimum atomic E-state index is -0.381. The number of hydrogen-bond donors (Lipinski definition) is 2. The molecule has 204 valence electrons. The number of carbonyl (C=O) groups is 1. The molecule has 2 N–H and O–H groups in total. The highest BCUT2D eigenvalue weighted by atomic mass is 16.5. The number of imidazole rings is 1. The summed E-state index contributed by atoms with van der Waals surface area (Å²) in [5.41, 5.74) is 1.15. The van der Waals surface area contributed by atoms with Crippen LogP contribution in [-0.4, -0.2) is 57.5 Å². The van der Waals surface area contributed by atoms with Crippen molar-refractivity contribution in [3.8, 4) is 17.1 Å². The number of H-pyrrole nitrogens is 1. The fraction of sp³-hybridized carbons (Fsp3) is 0.370. The lowest BCUT2D eigenvalue weighted by Gasteiger charge is -2.22. The van der Waals surface area contributed by atoms with E-state index in [-0.39, 0.29) is 29.9 Å². The van der Waals surface area contributed by atoms with Crippen molar-refractivity contribution >= 4 is 28.7 Å². The molecule has 1 aliphatic carbocycles. The first-order chi connectivity index (χ1) is 18.9. The molecular formula is C27H31N7O5. The molecule has 39 heavy (non-hydrogen) atoms. The van der Waals surface area contributed by atoms with E-state index in [1.54, 1.807) is 61.4 Å². The molecule has 4 aromatic rings. The first-order valence-corrected chi connectivity index (χ1v) is 12.9. The van der Waals surface area contributed by atoms with Crippen molar-refractivity contribution in [2.45, 2.75) is 38.8 Å². The number of amides is 2. The number of nitrogens with one attached hydrogen (secondary N) is 2. The Morgan fingerprint density at radius 2 is 2.03 bits per heavy atom. The Morgan fingerprint density at radius 1 is 1.21 bits per heavy atom. The highest BCUT2D eigenvalue weighted by molar-refractivity contribution is 6.01. The fourth-order valence-electron chi connectivity index (χ4n) is 4.43. The summed E-state index contributed by atoms with van der Waals surface area (Å²) in [6.07, 6.45) is 3.95. The lowest BCUT2D eigenvalue weighted by molar-refractivity contribution is 0.204. The van der Waals surface area contributed by atoms with Crippen molar-refractivity contribution in [2.24, 2.45) is 0 Å². The monoisotopic (exact) mass is 533 g/mol. The highest BCUT2D eigenvalue weighted by Crippen LogP contribution is 2.32. The zero-order valence-corrected chi connectivity index (χ0v) is 22.1. The van der Waals surface area contributed by atoms with Crippen molar-refractivity contribution in [1.29, 1.82) is 0 Å². The smallest absolute Gasteiger partial charge is 0.333 e. The highest BCUT2D eigenvalue weighted by Gasteiger charge is 2.30. The van der Waals surface area contributed by atoms with Gasteiger partial charge in [-0.15, -0.1) is 0 Å². The third kappa shape index (κ3) is 5.28. The molecule has 0 saturated heterocycles. The molecule has 0 unspecified atom stereocenters. The van der Waals surface area contributed by atoms with Crippen LogP contribution in [0.5, 0.6) is 5.75 Å². The van der Waals surface area contributed by atoms with Gasteiger partial charge in [0.1, 0.15) is 22.9 Å². The van der Waals surface area contributed by atoms with Crippen molar-refractivity contribution in [1.82, 2.24) is 24.1 Å². The van der Waals surface area contributed by atoms with E-state index in [0.717, 1.165) is 19.3 Å². The number of aromatic nitrogens is 5. The van der Waals surface area contributed by atoms with E-state index in [1.807, 2.05) is 6.92 Å². The molecule has 5 rings (SSSR count). The van der Waals surface area contributed by atoms with E-state index in [1.165, 1.54) is 9.47 Å². The summed E-state index contributed by atoms with van der Waals surface area (Å²) in [6, 6.07) is 10.1. The Morgan fingerprint density at radius 3 is 2.69 bits per heavy atom. The summed E-state index contributed by atoms with van der Waals surface area (Å²) in [6.45, 7) is 3.01. The number of hydrogen-bond acceptors (Lipinski definition) is 7. The Labute approximate surface area is 224 Å². The molecule has 12 nitrogen and oxygen atoms in total. The van der Waals surface area contributed by atoms with Gasteiger partial charge in [0.25, 0.3) is 5.56 Å². The number of anilines is 2. The van der Waals surface area contributed by atoms with Gasteiger partial charge in [-0.1, -0.05) is 13.0 Å². The van der Waals surface area contributed by atoms with Gasteiger partial charge in [-0.25, -0.2) is 19.6 Å². The molecule has 3 heterocycles. The minimum absolute atomic E-state index is 0.0496. The van der Waals surface area contributed by atoms with Gasteiger partial charge in [-0.2, -0.15) is 0 Å². The second kappa shape index (κ2) is 11.1. The Hall–Kier alpha value is -4.45. The van der Waals surface area contributed by atoms with Crippen LogP contribution in [0, 0.1) is 0 Å². The molecule has 1 saturated carbocycles. The summed E-state index contributed by atoms with van der Waals surface area (Å²) < 4.78 is 13.3. The molecule has 1 aromatic carbocycles. The Kier molecular flexibility index (Phi) is 7.46. The standard InChI is InChI=1S/C27H31N7O5/c1-4-12-33-24-22(25(35)34(27(33)37)19-9-10-19)30-23(31-24)17-8-11-21(28-16-17)32(13-14-38-2)26(36)29-18-6-5-7-20(15-18)39-3/h5-8,11,15-16,19H,4,9-10,12-14H2,1-3H3,(H,29,36)(H,30,31). The van der Waals surface area contributed by atoms with Crippen LogP contribution < -0.4 is 26.2 Å². The van der Waals surface area contributed by atoms with Gasteiger partial charge in [0.15, 0.2) is 5.65 Å². The molecular weight excluding hydrogens is 502 g/mol. The number of fused-ring (bicyclic) bond motifs is 1. The van der Waals surface area contributed by atoms with Gasteiger partial charge in [-0.05, 0) is 43.5 Å². The molecule has 0 atom stereocenters. The molecule has 1 fully saturated rings. The largest absolute Gasteiger partial charge is 0.497 e. The molecule has 0 spiro atoms. The maximum Gasteiger partial charge on any atom is 0.333 e. The van der Waals surface area contributed by atoms with E-state index in [4.69, 9.17) is 9.47 Å². The van der Waals surface area contributed by atoms with Gasteiger partial charge in [0.2, 0.25) is 0 Å². The lowest BCUT2D eigenvalue weighted by atomic mass is 10.2. The van der Waals surface area contributed by atoms with Crippen LogP contribution in [0.4, 0.5) is 16.3 Å². The van der Waals surface area contributed by atoms with Gasteiger partial charge in [0, 0.05) is 43.2 Å². The van der Waals surface area contributed by atoms with E-state index < -0.39 is 0 Å². The first kappa shape index (κ1) is 26.2. The normalized spacial score (nSPS) is 13.0. The first-order valence-electron chi connectivity index (χ1n) is 12.9. The average molecular weight is 534 g/mol. The van der Waals surface area contributed by atoms with Crippen molar-refractivity contribution in [2.75, 3.05) is 37.6 Å². The molecule has 2 amide bonds. The molecule has 0 bridgehead atoms. The van der Waals surface area contributed by atoms with Crippen LogP contribution in [0.3, 0.4) is 0 Å². The predicted molar refractivity (Wildman–Crippen MR) is 148 cm³/mol. The number of carbonyl (C=O) groups excluding carboxylic acids is 1. The van der Waals surface area contributed by atoms with Gasteiger partial charge in [0.05, 0.1) is 20.3 Å². The van der Waals surface area contributed by atoms with Crippen molar-refractivity contribution in [3.63, 3.8) is 0 Å². The summed E-state index contributed by atoms with van der Waals surface area (Å²) in [7, 11) is 3.12. The third-order valence-electron chi connectivity index (χ3n) is 6.55. The molecule has 12 heteroatoms. The Balaban J connectivity index is 1.45. The molecule has 0 radical (unpaired) electrons. The number of rotatable bonds is 10. The summed E-state index contributed by atoms with van der Waals surface area (Å²) in [4.78, 5) is 53.0. The number of nitrogens with zero attached hydrogens (tertiary/aromatic N) is 5. The molecule has 0 aliphatic heterocycles. The maximum absolute atomic E-state index is 13.1. The second-order valence-corrected chi connectivity index (χ2v) is 9.34. The van der Waals surface area contributed by atoms with Gasteiger partial charge < -0.3 is 19.8 Å². The van der Waals surface area contributed by atoms with Crippen LogP contribution >= 0.6 is 0 Å². The van der Waals surface area contributed by atoms with Crippen LogP contribution in [0.1, 0.15) is 32.2 Å². The lowest BCUT2D eigenvalue weighted by Crippen LogP contribution is -2.39. The second-order valence-electron chi connectivity index (χ2n) is 9.34. The van der Waals surface area contributed by atoms with Crippen molar-refractivity contribution in [3.05, 3.63) is 63.4 Å². The van der Waals surface area contributed by atoms with E-state index in [2.05, 4.69) is 20.3 Å². The van der Waals surface area contributed by atoms with Crippen LogP contribution in [-0.2, 0) is 11.3 Å². The summed E-state index contributed by atoms with van der Waals surface area (Å²) in [5, 5.41) is 2.86. The van der Waals surface area contributed by atoms with Crippen molar-refractivity contribution < 1.29 is 14.3 Å².